The minimum atomic E-state index is -2.13. The molecule has 4 heterocycles. The number of fused-ring (bicyclic) bond motifs is 3. The Morgan fingerprint density at radius 1 is 0.676 bits per heavy atom. The van der Waals surface area contributed by atoms with Crippen LogP contribution in [0.5, 0.6) is 0 Å². The van der Waals surface area contributed by atoms with E-state index in [1.807, 2.05) is 24.3 Å². The van der Waals surface area contributed by atoms with Crippen LogP contribution in [0.3, 0.4) is 0 Å². The van der Waals surface area contributed by atoms with Crippen molar-refractivity contribution >= 4 is 88.8 Å². The molecule has 102 heavy (non-hydrogen) atoms. The number of carbonyl (C=O) groups is 14. The van der Waals surface area contributed by atoms with Crippen LogP contribution in [0.2, 0.25) is 0 Å². The van der Waals surface area contributed by atoms with E-state index in [2.05, 4.69) is 52.8 Å². The highest BCUT2D eigenvalue weighted by Crippen LogP contribution is 2.35. The van der Waals surface area contributed by atoms with Gasteiger partial charge in [0.25, 0.3) is 11.8 Å². The van der Waals surface area contributed by atoms with Gasteiger partial charge in [-0.3, -0.25) is 72.4 Å². The van der Waals surface area contributed by atoms with Gasteiger partial charge in [0.05, 0.1) is 43.8 Å². The number of carboxylic acids is 3. The zero-order valence-corrected chi connectivity index (χ0v) is 57.1. The zero-order chi connectivity index (χ0) is 74.9. The number of ether oxygens (including phenoxy) is 1. The molecule has 6 unspecified atom stereocenters. The molecule has 0 spiro atoms. The fraction of sp³-hybridized carbons (Fsp3) is 0.515. The van der Waals surface area contributed by atoms with Gasteiger partial charge in [0.1, 0.15) is 54.7 Å². The van der Waals surface area contributed by atoms with E-state index in [9.17, 15) is 87.1 Å². The van der Waals surface area contributed by atoms with Crippen LogP contribution in [0.1, 0.15) is 119 Å². The lowest BCUT2D eigenvalue weighted by atomic mass is 9.96. The van der Waals surface area contributed by atoms with Crippen molar-refractivity contribution in [2.24, 2.45) is 23.3 Å². The number of hydrogen-bond donors (Lipinski definition) is 16. The number of nitrogens with one attached hydrogen (secondary N) is 10. The van der Waals surface area contributed by atoms with Crippen LogP contribution in [0.25, 0.3) is 0 Å². The van der Waals surface area contributed by atoms with Crippen LogP contribution in [0.15, 0.2) is 72.8 Å². The first-order valence-electron chi connectivity index (χ1n) is 33.6. The van der Waals surface area contributed by atoms with Gasteiger partial charge in [-0.25, -0.2) is 9.38 Å². The molecule has 18 N–H and O–H groups in total. The van der Waals surface area contributed by atoms with Crippen molar-refractivity contribution in [1.29, 1.82) is 0 Å². The zero-order valence-electron chi connectivity index (χ0n) is 57.1. The first kappa shape index (κ1) is 78.9. The Balaban J connectivity index is 1.17. The predicted octanol–water partition coefficient (Wildman–Crippen LogP) is -3.85. The lowest BCUT2D eigenvalue weighted by Crippen LogP contribution is -2.88. The molecule has 4 aliphatic heterocycles. The summed E-state index contributed by atoms with van der Waals surface area (Å²) in [5.74, 6) is -20.0. The number of hydrogen-bond acceptors (Lipinski definition) is 17. The van der Waals surface area contributed by atoms with Gasteiger partial charge in [0.2, 0.25) is 59.2 Å². The van der Waals surface area contributed by atoms with Crippen molar-refractivity contribution in [1.82, 2.24) is 57.7 Å². The molecule has 0 radical (unpaired) electrons. The van der Waals surface area contributed by atoms with Crippen molar-refractivity contribution in [3.63, 3.8) is 0 Å². The van der Waals surface area contributed by atoms with E-state index in [-0.39, 0.29) is 56.6 Å². The molecule has 0 aromatic heterocycles. The van der Waals surface area contributed by atoms with Crippen LogP contribution >= 0.6 is 0 Å². The average Bonchev–Trinajstić information content (AvgIpc) is 1.59. The van der Waals surface area contributed by atoms with E-state index in [4.69, 9.17) is 16.2 Å². The molecule has 552 valence electrons. The van der Waals surface area contributed by atoms with Crippen LogP contribution in [-0.2, 0) is 92.7 Å². The summed E-state index contributed by atoms with van der Waals surface area (Å²) in [5, 5.41) is 62.8. The third-order valence-electron chi connectivity index (χ3n) is 18.1. The SMILES string of the molecule is CC(C)C1NC(=O)[C@@H](C(C)N)[NH+]=C(O)CNC2OC2(CC(=O)O)NC(=O)CNC(=O)[C@H](CC(=O)O)NC(=O)[C@H](C(C)C(=O)O)NC(=O)[C@H]2CCCCN2C(=O)C(NC(=O)[C@H](CC(N)=O)NC(=O)c2ccc(CCc3ccc(CCc4ccc(F)cc4)cc3)cc2)[C@@H](C)NC(=O)[C@@H]2CCCN2C1=O. The maximum Gasteiger partial charge on any atom is 0.347 e. The number of amides is 11. The van der Waals surface area contributed by atoms with Crippen LogP contribution in [0, 0.1) is 17.7 Å². The Morgan fingerprint density at radius 3 is 1.76 bits per heavy atom. The quantitative estimate of drug-likeness (QED) is 0.0482. The highest BCUT2D eigenvalue weighted by molar-refractivity contribution is 6.02. The normalized spacial score (nSPS) is 25.5. The molecule has 3 aromatic carbocycles. The maximum atomic E-state index is 15.4. The van der Waals surface area contributed by atoms with Gasteiger partial charge in [-0.1, -0.05) is 62.4 Å². The molecule has 4 aliphatic rings. The summed E-state index contributed by atoms with van der Waals surface area (Å²) in [4.78, 5) is 198. The van der Waals surface area contributed by atoms with Gasteiger partial charge < -0.3 is 89.0 Å². The number of nitrogens with zero attached hydrogens (tertiary/aromatic N) is 2. The Labute approximate surface area is 586 Å². The molecule has 11 amide bonds. The van der Waals surface area contributed by atoms with E-state index < -0.39 is 205 Å². The number of rotatable bonds is 20. The summed E-state index contributed by atoms with van der Waals surface area (Å²) in [6, 6.07) is 4.66. The number of carboxylic acid groups (broad SMARTS) is 3. The van der Waals surface area contributed by atoms with E-state index in [0.29, 0.717) is 12.8 Å². The van der Waals surface area contributed by atoms with Gasteiger partial charge in [-0.15, -0.1) is 0 Å². The van der Waals surface area contributed by atoms with Gasteiger partial charge in [0, 0.05) is 18.7 Å². The summed E-state index contributed by atoms with van der Waals surface area (Å²) >= 11 is 0. The second-order valence-electron chi connectivity index (χ2n) is 26.4. The summed E-state index contributed by atoms with van der Waals surface area (Å²) in [5.41, 5.74) is 13.9. The number of aliphatic hydroxyl groups is 1. The predicted molar refractivity (Wildman–Crippen MR) is 358 cm³/mol. The second kappa shape index (κ2) is 35.7. The van der Waals surface area contributed by atoms with Gasteiger partial charge >= 0.3 is 23.8 Å². The molecule has 3 fully saturated rings. The highest BCUT2D eigenvalue weighted by Gasteiger charge is 2.59. The Bertz CT molecular complexity index is 3650. The average molecular weight is 1430 g/mol. The van der Waals surface area contributed by atoms with Crippen LogP contribution < -0.4 is 64.3 Å². The van der Waals surface area contributed by atoms with Crippen molar-refractivity contribution in [2.45, 2.75) is 184 Å². The summed E-state index contributed by atoms with van der Waals surface area (Å²) in [7, 11) is 0. The van der Waals surface area contributed by atoms with E-state index >= 15 is 4.79 Å². The highest BCUT2D eigenvalue weighted by atomic mass is 19.1. The molecule has 0 saturated carbocycles. The van der Waals surface area contributed by atoms with Gasteiger partial charge in [-0.2, -0.15) is 0 Å². The lowest BCUT2D eigenvalue weighted by molar-refractivity contribution is -0.499. The Kier molecular flexibility index (Phi) is 27.6. The van der Waals surface area contributed by atoms with Crippen molar-refractivity contribution in [3.8, 4) is 0 Å². The third-order valence-corrected chi connectivity index (χ3v) is 18.1. The number of primary amides is 1. The van der Waals surface area contributed by atoms with Crippen LogP contribution in [0.4, 0.5) is 4.39 Å². The van der Waals surface area contributed by atoms with Crippen molar-refractivity contribution in [3.05, 3.63) is 106 Å². The first-order valence-corrected chi connectivity index (χ1v) is 33.6. The number of epoxide rings is 1. The fourth-order valence-corrected chi connectivity index (χ4v) is 12.3. The first-order chi connectivity index (χ1) is 48.2. The minimum Gasteiger partial charge on any atom is -0.481 e. The Morgan fingerprint density at radius 2 is 1.22 bits per heavy atom. The molecule has 7 rings (SSSR count). The second-order valence-corrected chi connectivity index (χ2v) is 26.4. The molecular formula is C68H90FN14O19+. The topological polar surface area (TPSA) is 513 Å². The molecule has 33 nitrogen and oxygen atoms in total. The van der Waals surface area contributed by atoms with Crippen molar-refractivity contribution < 1.29 is 102 Å². The molecule has 3 aromatic rings. The number of aliphatic hydroxyl groups excluding tert-OH is 1. The standard InChI is InChI=1S/C68H89FN14O19/c1-34(2)53-64(98)83-28-8-10-47(83)60(94)74-37(5)56(80-59(93)44(29-48(71)84)75-57(91)42-23-19-40(20-24-42)17-15-38-11-13-39(14-12-38)16-18-41-21-25-43(69)26-22-41)65(99)82-27-7-6-9-46(82)61(95)79-54(35(3)66(100)101)62(96)76-45(30-51(87)88)58(92)72-33-50(86)81-68(31-52(89)90)67(102-68)73-32-49(85)77-55(36(4)70)63(97)78-53/h11-14,19-26,34-37,44-47,53-56,67,73H,6-10,15-18,27-33,70H2,1-5H3,(H2,71,84)(H,72,92)(H,74,94)(H,75,91)(H,76,96)(H,77,85)(H,78,97)(H,79,95)(H,80,93)(H,81,86)(H,87,88)(H,89,90)(H,100,101)/p+1/t35?,36?,37-,44+,45+,46-,47+,53?,54+,55-,56?,67?,68?/m1/s1. The molecule has 3 saturated heterocycles. The summed E-state index contributed by atoms with van der Waals surface area (Å²) in [6.07, 6.45) is -0.967. The van der Waals surface area contributed by atoms with E-state index in [1.54, 1.807) is 38.1 Å². The smallest absolute Gasteiger partial charge is 0.347 e. The van der Waals surface area contributed by atoms with E-state index in [1.165, 1.54) is 43.0 Å². The number of piperidine rings is 1. The van der Waals surface area contributed by atoms with Gasteiger partial charge in [-0.05, 0) is 131 Å². The monoisotopic (exact) mass is 1430 g/mol. The maximum absolute atomic E-state index is 15.4. The lowest BCUT2D eigenvalue weighted by Gasteiger charge is -2.39. The van der Waals surface area contributed by atoms with Crippen molar-refractivity contribution in [2.75, 3.05) is 26.2 Å². The third kappa shape index (κ3) is 21.8. The minimum absolute atomic E-state index is 0.0165. The Hall–Kier alpha value is -10.5. The summed E-state index contributed by atoms with van der Waals surface area (Å²) < 4.78 is 18.9. The van der Waals surface area contributed by atoms with Crippen LogP contribution in [-0.4, -0.2) is 218 Å². The molecule has 0 bridgehead atoms. The number of benzene rings is 3. The largest absolute Gasteiger partial charge is 0.481 e. The number of aliphatic carboxylic acids is 3. The summed E-state index contributed by atoms with van der Waals surface area (Å²) in [6.45, 7) is 5.06. The molecular weight excluding hydrogens is 1340 g/mol. The fourth-order valence-electron chi connectivity index (χ4n) is 12.3. The number of carbonyl (C=O) groups excluding carboxylic acids is 11. The van der Waals surface area contributed by atoms with E-state index in [0.717, 1.165) is 46.9 Å². The molecule has 0 aliphatic carbocycles. The number of aryl methyl sites for hydroxylation is 4. The molecule has 13 atom stereocenters. The molecule has 34 heteroatoms. The van der Waals surface area contributed by atoms with Gasteiger partial charge in [0.15, 0.2) is 12.0 Å². The number of nitrogens with two attached hydrogens (primary N) is 2. The number of halogens is 1.